The van der Waals surface area contributed by atoms with Crippen LogP contribution in [0.2, 0.25) is 5.02 Å². The fraction of sp³-hybridized carbons (Fsp3) is 0.125. The van der Waals surface area contributed by atoms with E-state index in [1.165, 1.54) is 0 Å². The zero-order chi connectivity index (χ0) is 9.97. The molecule has 0 unspecified atom stereocenters. The van der Waals surface area contributed by atoms with Crippen molar-refractivity contribution in [2.75, 3.05) is 0 Å². The highest BCUT2D eigenvalue weighted by atomic mass is 35.5. The van der Waals surface area contributed by atoms with E-state index in [-0.39, 0.29) is 12.4 Å². The van der Waals surface area contributed by atoms with Gasteiger partial charge in [-0.05, 0) is 28.6 Å². The summed E-state index contributed by atoms with van der Waals surface area (Å²) in [6.45, 7) is 0.291. The molecule has 7 heteroatoms. The molecule has 15 heavy (non-hydrogen) atoms. The fourth-order valence-corrected chi connectivity index (χ4v) is 1.33. The van der Waals surface area contributed by atoms with Crippen LogP contribution in [0.5, 0.6) is 0 Å². The molecular formula is C8H9Cl2N5. The van der Waals surface area contributed by atoms with E-state index < -0.39 is 0 Å². The quantitative estimate of drug-likeness (QED) is 0.864. The Labute approximate surface area is 97.6 Å². The van der Waals surface area contributed by atoms with Gasteiger partial charge in [-0.1, -0.05) is 17.7 Å². The third kappa shape index (κ3) is 2.44. The number of rotatable bonds is 2. The van der Waals surface area contributed by atoms with Gasteiger partial charge >= 0.3 is 0 Å². The van der Waals surface area contributed by atoms with Crippen molar-refractivity contribution in [2.24, 2.45) is 5.73 Å². The molecule has 0 saturated carbocycles. The topological polar surface area (TPSA) is 69.6 Å². The van der Waals surface area contributed by atoms with Gasteiger partial charge in [0.15, 0.2) is 5.82 Å². The van der Waals surface area contributed by atoms with Gasteiger partial charge in [-0.3, -0.25) is 0 Å². The maximum absolute atomic E-state index is 5.84. The summed E-state index contributed by atoms with van der Waals surface area (Å²) in [7, 11) is 0. The van der Waals surface area contributed by atoms with E-state index in [4.69, 9.17) is 17.3 Å². The van der Waals surface area contributed by atoms with E-state index in [1.807, 2.05) is 12.1 Å². The molecule has 80 valence electrons. The average Bonchev–Trinajstić information content (AvgIpc) is 2.65. The van der Waals surface area contributed by atoms with Gasteiger partial charge < -0.3 is 5.73 Å². The number of benzene rings is 1. The van der Waals surface area contributed by atoms with Crippen molar-refractivity contribution < 1.29 is 0 Å². The van der Waals surface area contributed by atoms with E-state index in [0.717, 1.165) is 5.69 Å². The molecule has 0 saturated heterocycles. The number of tetrazole rings is 1. The second-order valence-electron chi connectivity index (χ2n) is 2.69. The standard InChI is InChI=1S/C8H8ClN5.ClH/c9-6-2-1-3-7(4-6)14-8(5-10)11-12-13-14;/h1-4H,5,10H2;1H. The van der Waals surface area contributed by atoms with Gasteiger partial charge in [0.05, 0.1) is 12.2 Å². The van der Waals surface area contributed by atoms with Crippen molar-refractivity contribution in [1.82, 2.24) is 20.2 Å². The molecule has 1 heterocycles. The summed E-state index contributed by atoms with van der Waals surface area (Å²) in [5, 5.41) is 11.8. The lowest BCUT2D eigenvalue weighted by Gasteiger charge is -2.02. The van der Waals surface area contributed by atoms with Crippen LogP contribution >= 0.6 is 24.0 Å². The molecular weight excluding hydrogens is 237 g/mol. The summed E-state index contributed by atoms with van der Waals surface area (Å²) < 4.78 is 1.56. The summed E-state index contributed by atoms with van der Waals surface area (Å²) in [6.07, 6.45) is 0. The second kappa shape index (κ2) is 5.06. The Bertz CT molecular complexity index is 442. The zero-order valence-corrected chi connectivity index (χ0v) is 9.24. The van der Waals surface area contributed by atoms with Crippen molar-refractivity contribution in [2.45, 2.75) is 6.54 Å². The van der Waals surface area contributed by atoms with E-state index in [2.05, 4.69) is 15.5 Å². The maximum Gasteiger partial charge on any atom is 0.170 e. The smallest absolute Gasteiger partial charge is 0.170 e. The predicted molar refractivity (Wildman–Crippen MR) is 59.3 cm³/mol. The second-order valence-corrected chi connectivity index (χ2v) is 3.13. The minimum absolute atomic E-state index is 0. The van der Waals surface area contributed by atoms with Gasteiger partial charge in [-0.25, -0.2) is 0 Å². The van der Waals surface area contributed by atoms with Crippen molar-refractivity contribution in [3.63, 3.8) is 0 Å². The van der Waals surface area contributed by atoms with E-state index >= 15 is 0 Å². The Balaban J connectivity index is 0.00000112. The minimum Gasteiger partial charge on any atom is -0.324 e. The summed E-state index contributed by atoms with van der Waals surface area (Å²) in [6, 6.07) is 7.26. The Morgan fingerprint density at radius 1 is 1.40 bits per heavy atom. The first-order valence-corrected chi connectivity index (χ1v) is 4.42. The molecule has 2 rings (SSSR count). The van der Waals surface area contributed by atoms with Crippen LogP contribution in [0.4, 0.5) is 0 Å². The monoisotopic (exact) mass is 245 g/mol. The highest BCUT2D eigenvalue weighted by molar-refractivity contribution is 6.30. The molecule has 5 nitrogen and oxygen atoms in total. The van der Waals surface area contributed by atoms with Crippen LogP contribution in [0.1, 0.15) is 5.82 Å². The summed E-state index contributed by atoms with van der Waals surface area (Å²) >= 11 is 5.84. The number of nitrogens with zero attached hydrogens (tertiary/aromatic N) is 4. The molecule has 1 aromatic carbocycles. The first-order chi connectivity index (χ1) is 6.81. The lowest BCUT2D eigenvalue weighted by molar-refractivity contribution is 0.761. The van der Waals surface area contributed by atoms with E-state index in [9.17, 15) is 0 Å². The van der Waals surface area contributed by atoms with Gasteiger partial charge in [0.1, 0.15) is 0 Å². The van der Waals surface area contributed by atoms with Gasteiger partial charge in [-0.2, -0.15) is 4.68 Å². The number of hydrogen-bond acceptors (Lipinski definition) is 4. The number of halogens is 2. The van der Waals surface area contributed by atoms with Crippen molar-refractivity contribution in [3.8, 4) is 5.69 Å². The third-order valence-electron chi connectivity index (χ3n) is 1.77. The maximum atomic E-state index is 5.84. The van der Waals surface area contributed by atoms with Gasteiger partial charge in [0.25, 0.3) is 0 Å². The molecule has 0 aliphatic rings. The van der Waals surface area contributed by atoms with Crippen LogP contribution in [0, 0.1) is 0 Å². The average molecular weight is 246 g/mol. The highest BCUT2D eigenvalue weighted by Gasteiger charge is 2.05. The predicted octanol–water partition coefficient (Wildman–Crippen LogP) is 1.20. The molecule has 0 aliphatic carbocycles. The van der Waals surface area contributed by atoms with Crippen LogP contribution in [-0.4, -0.2) is 20.2 Å². The van der Waals surface area contributed by atoms with Crippen molar-refractivity contribution in [3.05, 3.63) is 35.1 Å². The molecule has 2 aromatic rings. The molecule has 0 fully saturated rings. The highest BCUT2D eigenvalue weighted by Crippen LogP contribution is 2.14. The lowest BCUT2D eigenvalue weighted by Crippen LogP contribution is -2.07. The summed E-state index contributed by atoms with van der Waals surface area (Å²) in [5.74, 6) is 0.604. The van der Waals surface area contributed by atoms with E-state index in [0.29, 0.717) is 17.4 Å². The molecule has 0 aliphatic heterocycles. The van der Waals surface area contributed by atoms with Crippen LogP contribution in [0.15, 0.2) is 24.3 Å². The summed E-state index contributed by atoms with van der Waals surface area (Å²) in [4.78, 5) is 0. The molecule has 0 spiro atoms. The Kier molecular flexibility index (Phi) is 4.02. The van der Waals surface area contributed by atoms with Gasteiger partial charge in [0, 0.05) is 5.02 Å². The first kappa shape index (κ1) is 11.9. The van der Waals surface area contributed by atoms with Gasteiger partial charge in [-0.15, -0.1) is 17.5 Å². The van der Waals surface area contributed by atoms with Crippen LogP contribution < -0.4 is 5.73 Å². The largest absolute Gasteiger partial charge is 0.324 e. The van der Waals surface area contributed by atoms with Crippen LogP contribution in [-0.2, 0) is 6.54 Å². The number of aromatic nitrogens is 4. The molecule has 0 amide bonds. The molecule has 2 N–H and O–H groups in total. The SMILES string of the molecule is Cl.NCc1nnnn1-c1cccc(Cl)c1. The number of hydrogen-bond donors (Lipinski definition) is 1. The molecule has 1 aromatic heterocycles. The van der Waals surface area contributed by atoms with Crippen molar-refractivity contribution >= 4 is 24.0 Å². The van der Waals surface area contributed by atoms with Crippen LogP contribution in [0.25, 0.3) is 5.69 Å². The zero-order valence-electron chi connectivity index (χ0n) is 7.67. The first-order valence-electron chi connectivity index (χ1n) is 4.04. The van der Waals surface area contributed by atoms with Gasteiger partial charge in [0.2, 0.25) is 0 Å². The Morgan fingerprint density at radius 3 is 2.87 bits per heavy atom. The molecule has 0 bridgehead atoms. The fourth-order valence-electron chi connectivity index (χ4n) is 1.14. The normalized spacial score (nSPS) is 9.73. The lowest BCUT2D eigenvalue weighted by atomic mass is 10.3. The van der Waals surface area contributed by atoms with E-state index in [1.54, 1.807) is 16.8 Å². The number of nitrogens with two attached hydrogens (primary N) is 1. The molecule has 0 atom stereocenters. The van der Waals surface area contributed by atoms with Crippen molar-refractivity contribution in [1.29, 1.82) is 0 Å². The molecule has 0 radical (unpaired) electrons. The Hall–Kier alpha value is -1.17. The minimum atomic E-state index is 0. The van der Waals surface area contributed by atoms with Crippen LogP contribution in [0.3, 0.4) is 0 Å². The third-order valence-corrected chi connectivity index (χ3v) is 2.00. The Morgan fingerprint density at radius 2 is 2.20 bits per heavy atom. The summed E-state index contributed by atoms with van der Waals surface area (Å²) in [5.41, 5.74) is 6.28.